The number of hydrogen-bond donors (Lipinski definition) is 0. The Kier molecular flexibility index (Phi) is 7.04. The minimum Gasteiger partial charge on any atom is -0.457 e. The molecule has 0 saturated carbocycles. The van der Waals surface area contributed by atoms with E-state index in [2.05, 4.69) is 93.8 Å². The molecule has 0 radical (unpaired) electrons. The van der Waals surface area contributed by atoms with E-state index < -0.39 is 6.04 Å². The van der Waals surface area contributed by atoms with Crippen LogP contribution in [-0.2, 0) is 23.7 Å². The van der Waals surface area contributed by atoms with Gasteiger partial charge in [-0.2, -0.15) is 0 Å². The molecule has 0 unspecified atom stereocenters. The number of benzene rings is 3. The van der Waals surface area contributed by atoms with Crippen molar-refractivity contribution in [1.29, 1.82) is 0 Å². The van der Waals surface area contributed by atoms with E-state index in [1.807, 2.05) is 20.0 Å². The van der Waals surface area contributed by atoms with Gasteiger partial charge in [-0.25, -0.2) is 9.97 Å². The summed E-state index contributed by atoms with van der Waals surface area (Å²) in [5.74, 6) is 3.26. The molecule has 0 N–H and O–H groups in total. The molecule has 4 heterocycles. The average molecular weight is 656 g/mol. The van der Waals surface area contributed by atoms with Crippen molar-refractivity contribution in [2.24, 2.45) is 0 Å². The fourth-order valence-electron chi connectivity index (χ4n) is 7.24. The van der Waals surface area contributed by atoms with Crippen LogP contribution in [-0.4, -0.2) is 23.1 Å². The summed E-state index contributed by atoms with van der Waals surface area (Å²) in [7, 11) is 0. The lowest BCUT2D eigenvalue weighted by Crippen LogP contribution is -2.28. The van der Waals surface area contributed by atoms with Crippen LogP contribution < -0.4 is 14.5 Å². The zero-order valence-corrected chi connectivity index (χ0v) is 30.1. The van der Waals surface area contributed by atoms with E-state index in [1.165, 1.54) is 22.3 Å². The van der Waals surface area contributed by atoms with Gasteiger partial charge < -0.3 is 14.5 Å². The second-order valence-corrected chi connectivity index (χ2v) is 15.5. The Balaban J connectivity index is 1.27. The predicted octanol–water partition coefficient (Wildman–Crippen LogP) is 11.3. The molecule has 5 aromatic rings. The first-order valence-corrected chi connectivity index (χ1v) is 17.5. The third-order valence-electron chi connectivity index (χ3n) is 10.0. The Morgan fingerprint density at radius 3 is 2.22 bits per heavy atom. The van der Waals surface area contributed by atoms with Gasteiger partial charge in [0.2, 0.25) is 0 Å². The summed E-state index contributed by atoms with van der Waals surface area (Å²) in [6, 6.07) is 13.5. The average Bonchev–Trinajstić information content (AvgIpc) is 3.13. The van der Waals surface area contributed by atoms with Crippen LogP contribution in [0.2, 0.25) is 0 Å². The molecule has 2 aromatic heterocycles. The van der Waals surface area contributed by atoms with E-state index >= 15 is 0 Å². The lowest BCUT2D eigenvalue weighted by atomic mass is 9.80. The van der Waals surface area contributed by atoms with E-state index in [0.717, 1.165) is 84.4 Å². The van der Waals surface area contributed by atoms with Crippen LogP contribution in [0.4, 0.5) is 23.0 Å². The van der Waals surface area contributed by atoms with Gasteiger partial charge in [-0.05, 0) is 114 Å². The molecule has 5 nitrogen and oxygen atoms in total. The molecule has 0 atom stereocenters. The zero-order valence-electron chi connectivity index (χ0n) is 35.1. The minimum absolute atomic E-state index is 0.0112. The molecule has 2 aliphatic heterocycles. The lowest BCUT2D eigenvalue weighted by molar-refractivity contribution is 0.476. The molecule has 7 rings (SSSR count). The highest BCUT2D eigenvalue weighted by molar-refractivity contribution is 5.75. The van der Waals surface area contributed by atoms with Crippen molar-refractivity contribution in [2.45, 2.75) is 91.9 Å². The van der Waals surface area contributed by atoms with Crippen molar-refractivity contribution in [3.8, 4) is 22.6 Å². The van der Waals surface area contributed by atoms with Gasteiger partial charge in [-0.1, -0.05) is 77.8 Å². The van der Waals surface area contributed by atoms with Crippen LogP contribution in [0, 0.1) is 13.8 Å². The van der Waals surface area contributed by atoms with E-state index in [4.69, 9.17) is 21.6 Å². The third kappa shape index (κ3) is 6.44. The number of hydrogen-bond acceptors (Lipinski definition) is 5. The summed E-state index contributed by atoms with van der Waals surface area (Å²) in [5.41, 5.74) is 9.63. The van der Waals surface area contributed by atoms with Gasteiger partial charge in [0.15, 0.2) is 0 Å². The predicted molar refractivity (Wildman–Crippen MR) is 204 cm³/mol. The van der Waals surface area contributed by atoms with Gasteiger partial charge in [0, 0.05) is 54.6 Å². The van der Waals surface area contributed by atoms with Crippen LogP contribution in [0.25, 0.3) is 11.1 Å². The number of pyridine rings is 2. The molecule has 0 amide bonds. The normalized spacial score (nSPS) is 16.2. The zero-order chi connectivity index (χ0) is 38.9. The van der Waals surface area contributed by atoms with Gasteiger partial charge >= 0.3 is 0 Å². The molecule has 5 heteroatoms. The first-order chi connectivity index (χ1) is 25.5. The Morgan fingerprint density at radius 2 is 1.47 bits per heavy atom. The maximum Gasteiger partial charge on any atom is 0.136 e. The maximum atomic E-state index is 8.56. The first kappa shape index (κ1) is 27.2. The van der Waals surface area contributed by atoms with Crippen molar-refractivity contribution in [3.63, 3.8) is 0 Å². The van der Waals surface area contributed by atoms with Crippen molar-refractivity contribution in [2.75, 3.05) is 22.9 Å². The van der Waals surface area contributed by atoms with Gasteiger partial charge in [-0.3, -0.25) is 0 Å². The Labute approximate surface area is 300 Å². The number of ether oxygens (including phenoxy) is 1. The molecule has 252 valence electrons. The monoisotopic (exact) mass is 655 g/mol. The van der Waals surface area contributed by atoms with Gasteiger partial charge in [-0.15, -0.1) is 0 Å². The summed E-state index contributed by atoms with van der Waals surface area (Å²) in [6.07, 6.45) is 7.53. The molecule has 0 spiro atoms. The highest BCUT2D eigenvalue weighted by Crippen LogP contribution is 2.44. The fourth-order valence-corrected chi connectivity index (χ4v) is 7.24. The fraction of sp³-hybridized carbons (Fsp3) is 0.364. The number of aromatic nitrogens is 2. The van der Waals surface area contributed by atoms with Crippen LogP contribution in [0.5, 0.6) is 11.5 Å². The minimum atomic E-state index is -0.402. The summed E-state index contributed by atoms with van der Waals surface area (Å²) in [4.78, 5) is 14.3. The second-order valence-electron chi connectivity index (χ2n) is 15.5. The molecular weight excluding hydrogens is 601 g/mol. The molecule has 0 fully saturated rings. The SMILES string of the molecule is [2H]c1c([2H])c([2H])c(-c2cnc(N3CCCc4ccc(Oc5cc6c(c(C(C)(C)C)c5)CCCN6c5cc(C(C)(C)C)ccn5)cc43)c(C)c2C)c([2H])c1[2H]. The smallest absolute Gasteiger partial charge is 0.136 e. The summed E-state index contributed by atoms with van der Waals surface area (Å²) < 4.78 is 48.4. The van der Waals surface area contributed by atoms with E-state index in [1.54, 1.807) is 6.20 Å². The van der Waals surface area contributed by atoms with Gasteiger partial charge in [0.25, 0.3) is 0 Å². The van der Waals surface area contributed by atoms with Crippen molar-refractivity contribution in [3.05, 3.63) is 118 Å². The number of aryl methyl sites for hydroxylation is 1. The topological polar surface area (TPSA) is 41.5 Å². The molecule has 2 aliphatic rings. The standard InChI is InChI=1S/C44H50N4O/c1-29-30(2)42(46-28-37(29)31-14-10-9-11-15-31)48-23-12-16-32-18-19-34(26-39(32)48)49-35-25-38(44(6,7)8)36-17-13-22-47(40(36)27-35)41-24-33(20-21-45-41)43(3,4)5/h9-11,14-15,18-21,24-28H,12-13,16-17,22-23H2,1-8H3/i9D,10D,11D,14D,15D. The van der Waals surface area contributed by atoms with Crippen LogP contribution in [0.1, 0.15) is 94.6 Å². The summed E-state index contributed by atoms with van der Waals surface area (Å²) in [5, 5.41) is 0. The Bertz CT molecular complexity index is 2260. The van der Waals surface area contributed by atoms with Crippen molar-refractivity contribution >= 4 is 23.0 Å². The number of fused-ring (bicyclic) bond motifs is 2. The second kappa shape index (κ2) is 12.7. The molecule has 3 aromatic carbocycles. The highest BCUT2D eigenvalue weighted by Gasteiger charge is 2.29. The maximum absolute atomic E-state index is 8.56. The summed E-state index contributed by atoms with van der Waals surface area (Å²) >= 11 is 0. The highest BCUT2D eigenvalue weighted by atomic mass is 16.5. The van der Waals surface area contributed by atoms with Crippen LogP contribution in [0.3, 0.4) is 0 Å². The molecule has 49 heavy (non-hydrogen) atoms. The first-order valence-electron chi connectivity index (χ1n) is 20.0. The molecule has 0 aliphatic carbocycles. The lowest BCUT2D eigenvalue weighted by Gasteiger charge is -2.35. The van der Waals surface area contributed by atoms with E-state index in [-0.39, 0.29) is 40.6 Å². The molecule has 0 saturated heterocycles. The number of nitrogens with zero attached hydrogens (tertiary/aromatic N) is 4. The van der Waals surface area contributed by atoms with Crippen LogP contribution in [0.15, 0.2) is 85.1 Å². The van der Waals surface area contributed by atoms with E-state index in [9.17, 15) is 0 Å². The largest absolute Gasteiger partial charge is 0.457 e. The molecular formula is C44H50N4O. The summed E-state index contributed by atoms with van der Waals surface area (Å²) in [6.45, 7) is 19.1. The third-order valence-corrected chi connectivity index (χ3v) is 10.0. The van der Waals surface area contributed by atoms with Crippen LogP contribution >= 0.6 is 0 Å². The quantitative estimate of drug-likeness (QED) is 0.188. The molecule has 0 bridgehead atoms. The van der Waals surface area contributed by atoms with Crippen molar-refractivity contribution < 1.29 is 11.6 Å². The number of anilines is 4. The van der Waals surface area contributed by atoms with Gasteiger partial charge in [0.05, 0.1) is 6.85 Å². The Hall–Kier alpha value is -4.64. The Morgan fingerprint density at radius 1 is 0.735 bits per heavy atom. The van der Waals surface area contributed by atoms with E-state index in [0.29, 0.717) is 5.56 Å². The van der Waals surface area contributed by atoms with Crippen molar-refractivity contribution in [1.82, 2.24) is 9.97 Å². The van der Waals surface area contributed by atoms with Gasteiger partial charge in [0.1, 0.15) is 23.1 Å². The number of rotatable bonds is 5.